The molecule has 0 fully saturated rings. The fourth-order valence-electron chi connectivity index (χ4n) is 6.49. The maximum atomic E-state index is 2.43. The number of benzene rings is 4. The van der Waals surface area contributed by atoms with E-state index in [1.54, 1.807) is 0 Å². The minimum atomic E-state index is 0.223. The minimum Gasteiger partial charge on any atom is -0.338 e. The Balaban J connectivity index is 1.04. The molecule has 0 saturated carbocycles. The average Bonchev–Trinajstić information content (AvgIpc) is 3.72. The second kappa shape index (κ2) is 9.26. The molecule has 2 atom stereocenters. The summed E-state index contributed by atoms with van der Waals surface area (Å²) < 4.78 is 5.43. The number of fused-ring (bicyclic) bond motifs is 6. The van der Waals surface area contributed by atoms with E-state index >= 15 is 0 Å². The molecule has 0 unspecified atom stereocenters. The van der Waals surface area contributed by atoms with Gasteiger partial charge < -0.3 is 19.6 Å². The van der Waals surface area contributed by atoms with Gasteiger partial charge in [-0.05, 0) is 75.2 Å². The van der Waals surface area contributed by atoms with Gasteiger partial charge >= 0.3 is 0 Å². The highest BCUT2D eigenvalue weighted by atomic mass is 32.1. The summed E-state index contributed by atoms with van der Waals surface area (Å²) in [6.07, 6.45) is 9.43. The van der Waals surface area contributed by atoms with Crippen LogP contribution in [0.25, 0.3) is 40.3 Å². The first kappa shape index (κ1) is 24.8. The van der Waals surface area contributed by atoms with Crippen LogP contribution in [-0.2, 0) is 0 Å². The maximum Gasteiger partial charge on any atom is 0.104 e. The predicted molar refractivity (Wildman–Crippen MR) is 179 cm³/mol. The SMILES string of the molecule is Cc1cc2sc3ccccc3c2cc1N1C=CN(CN2C=CN(c3cc4c(cc3C)sc3ccccc34)[C@H]2C)[C@H]1C. The maximum absolute atomic E-state index is 2.43. The van der Waals surface area contributed by atoms with E-state index in [1.165, 1.54) is 62.8 Å². The molecule has 0 bridgehead atoms. The Hall–Kier alpha value is -4.00. The zero-order valence-corrected chi connectivity index (χ0v) is 25.3. The smallest absolute Gasteiger partial charge is 0.104 e. The molecule has 0 saturated heterocycles. The van der Waals surface area contributed by atoms with Gasteiger partial charge in [-0.3, -0.25) is 0 Å². The number of thiophene rings is 2. The Morgan fingerprint density at radius 1 is 0.537 bits per heavy atom. The van der Waals surface area contributed by atoms with Crippen molar-refractivity contribution in [2.45, 2.75) is 40.0 Å². The molecule has 41 heavy (non-hydrogen) atoms. The molecule has 6 heteroatoms. The van der Waals surface area contributed by atoms with E-state index in [9.17, 15) is 0 Å². The average molecular weight is 573 g/mol. The quantitative estimate of drug-likeness (QED) is 0.208. The molecule has 2 aliphatic rings. The lowest BCUT2D eigenvalue weighted by Gasteiger charge is -2.36. The fraction of sp³-hybridized carbons (Fsp3) is 0.200. The highest BCUT2D eigenvalue weighted by molar-refractivity contribution is 7.26. The Labute approximate surface area is 248 Å². The van der Waals surface area contributed by atoms with Crippen LogP contribution in [0.4, 0.5) is 11.4 Å². The third-order valence-corrected chi connectivity index (χ3v) is 11.1. The summed E-state index contributed by atoms with van der Waals surface area (Å²) in [6, 6.07) is 27.0. The monoisotopic (exact) mass is 572 g/mol. The second-order valence-electron chi connectivity index (χ2n) is 11.3. The topological polar surface area (TPSA) is 13.0 Å². The number of nitrogens with zero attached hydrogens (tertiary/aromatic N) is 4. The molecule has 2 aromatic heterocycles. The van der Waals surface area contributed by atoms with Gasteiger partial charge in [0.15, 0.2) is 0 Å². The second-order valence-corrected chi connectivity index (χ2v) is 13.5. The third-order valence-electron chi connectivity index (χ3n) is 8.88. The Kier molecular flexibility index (Phi) is 5.60. The van der Waals surface area contributed by atoms with Crippen LogP contribution in [0.2, 0.25) is 0 Å². The van der Waals surface area contributed by atoms with Crippen LogP contribution in [0.15, 0.2) is 97.6 Å². The highest BCUT2D eigenvalue weighted by Gasteiger charge is 2.30. The molecule has 4 heterocycles. The first-order valence-corrected chi connectivity index (χ1v) is 15.9. The van der Waals surface area contributed by atoms with Gasteiger partial charge in [-0.15, -0.1) is 22.7 Å². The van der Waals surface area contributed by atoms with Crippen molar-refractivity contribution in [1.29, 1.82) is 0 Å². The molecule has 4 aromatic carbocycles. The molecule has 0 radical (unpaired) electrons. The van der Waals surface area contributed by atoms with Crippen molar-refractivity contribution in [1.82, 2.24) is 9.80 Å². The van der Waals surface area contributed by atoms with Crippen molar-refractivity contribution in [3.05, 3.63) is 109 Å². The van der Waals surface area contributed by atoms with Crippen LogP contribution in [0, 0.1) is 13.8 Å². The molecule has 0 N–H and O–H groups in total. The summed E-state index contributed by atoms with van der Waals surface area (Å²) >= 11 is 3.77. The number of anilines is 2. The highest BCUT2D eigenvalue weighted by Crippen LogP contribution is 2.41. The number of rotatable bonds is 4. The van der Waals surface area contributed by atoms with Gasteiger partial charge in [-0.25, -0.2) is 0 Å². The van der Waals surface area contributed by atoms with Crippen LogP contribution in [0.5, 0.6) is 0 Å². The summed E-state index contributed by atoms with van der Waals surface area (Å²) in [5, 5.41) is 5.40. The largest absolute Gasteiger partial charge is 0.338 e. The minimum absolute atomic E-state index is 0.223. The number of hydrogen-bond donors (Lipinski definition) is 0. The van der Waals surface area contributed by atoms with Crippen molar-refractivity contribution >= 4 is 74.4 Å². The van der Waals surface area contributed by atoms with E-state index in [4.69, 9.17) is 0 Å². The van der Waals surface area contributed by atoms with Crippen LogP contribution >= 0.6 is 22.7 Å². The zero-order chi connectivity index (χ0) is 27.8. The van der Waals surface area contributed by atoms with Gasteiger partial charge in [0.1, 0.15) is 12.3 Å². The molecule has 0 aliphatic carbocycles. The van der Waals surface area contributed by atoms with Gasteiger partial charge in [-0.1, -0.05) is 36.4 Å². The summed E-state index contributed by atoms with van der Waals surface area (Å²) in [7, 11) is 0. The van der Waals surface area contributed by atoms with E-state index in [0.717, 1.165) is 6.67 Å². The lowest BCUT2D eigenvalue weighted by atomic mass is 10.1. The molecule has 8 rings (SSSR count). The summed E-state index contributed by atoms with van der Waals surface area (Å²) in [6.45, 7) is 9.91. The van der Waals surface area contributed by atoms with Crippen LogP contribution < -0.4 is 9.80 Å². The van der Waals surface area contributed by atoms with E-state index in [-0.39, 0.29) is 12.3 Å². The molecule has 204 valence electrons. The standard InChI is InChI=1S/C35H32N4S2/c1-22-17-34-28(26-9-5-7-11-32(26)40-34)19-30(22)38-15-13-36(24(38)3)21-37-14-16-39(25(37)4)31-20-29-27-10-6-8-12-33(27)41-35(29)18-23(31)2/h5-20,24-25H,21H2,1-4H3/t24-,25+. The summed E-state index contributed by atoms with van der Waals surface area (Å²) in [4.78, 5) is 9.71. The van der Waals surface area contributed by atoms with E-state index < -0.39 is 0 Å². The molecule has 0 amide bonds. The zero-order valence-electron chi connectivity index (χ0n) is 23.7. The van der Waals surface area contributed by atoms with Gasteiger partial charge in [0.05, 0.1) is 6.67 Å². The van der Waals surface area contributed by atoms with Crippen LogP contribution in [-0.4, -0.2) is 28.8 Å². The number of hydrogen-bond acceptors (Lipinski definition) is 6. The van der Waals surface area contributed by atoms with Crippen LogP contribution in [0.1, 0.15) is 25.0 Å². The summed E-state index contributed by atoms with van der Waals surface area (Å²) in [5.41, 5.74) is 5.20. The molecular formula is C35H32N4S2. The lowest BCUT2D eigenvalue weighted by Crippen LogP contribution is -2.45. The van der Waals surface area contributed by atoms with Crippen molar-refractivity contribution in [3.63, 3.8) is 0 Å². The van der Waals surface area contributed by atoms with Gasteiger partial charge in [0.25, 0.3) is 0 Å². The normalized spacial score (nSPS) is 18.9. The predicted octanol–water partition coefficient (Wildman–Crippen LogP) is 9.58. The lowest BCUT2D eigenvalue weighted by molar-refractivity contribution is 0.176. The third kappa shape index (κ3) is 3.85. The van der Waals surface area contributed by atoms with Crippen molar-refractivity contribution in [2.75, 3.05) is 16.5 Å². The fourth-order valence-corrected chi connectivity index (χ4v) is 8.87. The Bertz CT molecular complexity index is 1890. The van der Waals surface area contributed by atoms with Crippen molar-refractivity contribution in [3.8, 4) is 0 Å². The molecule has 0 spiro atoms. The van der Waals surface area contributed by atoms with E-state index in [0.29, 0.717) is 0 Å². The Morgan fingerprint density at radius 3 is 1.44 bits per heavy atom. The first-order valence-electron chi connectivity index (χ1n) is 14.2. The molecule has 4 nitrogen and oxygen atoms in total. The number of aryl methyl sites for hydroxylation is 2. The van der Waals surface area contributed by atoms with Gasteiger partial charge in [-0.2, -0.15) is 0 Å². The van der Waals surface area contributed by atoms with Crippen LogP contribution in [0.3, 0.4) is 0 Å². The van der Waals surface area contributed by atoms with Gasteiger partial charge in [0, 0.05) is 76.5 Å². The van der Waals surface area contributed by atoms with Crippen molar-refractivity contribution < 1.29 is 0 Å². The molecule has 2 aliphatic heterocycles. The van der Waals surface area contributed by atoms with E-state index in [1.807, 2.05) is 22.7 Å². The van der Waals surface area contributed by atoms with Gasteiger partial charge in [0.2, 0.25) is 0 Å². The first-order chi connectivity index (χ1) is 20.0. The molecular weight excluding hydrogens is 541 g/mol. The Morgan fingerprint density at radius 2 is 0.976 bits per heavy atom. The molecule has 6 aromatic rings. The van der Waals surface area contributed by atoms with E-state index in [2.05, 4.69) is 145 Å². The summed E-state index contributed by atoms with van der Waals surface area (Å²) in [5.74, 6) is 0. The van der Waals surface area contributed by atoms with Crippen molar-refractivity contribution in [2.24, 2.45) is 0 Å².